The van der Waals surface area contributed by atoms with Crippen LogP contribution < -0.4 is 4.74 Å². The van der Waals surface area contributed by atoms with Crippen LogP contribution in [-0.4, -0.2) is 18.8 Å². The van der Waals surface area contributed by atoms with Crippen LogP contribution in [0, 0.1) is 12.8 Å². The minimum atomic E-state index is 0.142. The number of methoxy groups -OCH3 is 1. The lowest BCUT2D eigenvalue weighted by Gasteiger charge is -2.17. The van der Waals surface area contributed by atoms with Crippen LogP contribution in [0.15, 0.2) is 42.5 Å². The van der Waals surface area contributed by atoms with E-state index in [-0.39, 0.29) is 12.5 Å². The van der Waals surface area contributed by atoms with Gasteiger partial charge in [0.05, 0.1) is 7.11 Å². The number of halogens is 1. The molecule has 3 heteroatoms. The van der Waals surface area contributed by atoms with Crippen molar-refractivity contribution >= 4 is 11.6 Å². The van der Waals surface area contributed by atoms with Gasteiger partial charge in [-0.15, -0.1) is 0 Å². The topological polar surface area (TPSA) is 29.5 Å². The summed E-state index contributed by atoms with van der Waals surface area (Å²) >= 11 is 6.06. The minimum absolute atomic E-state index is 0.142. The maximum atomic E-state index is 9.68. The first-order valence-corrected chi connectivity index (χ1v) is 7.49. The molecule has 0 aromatic heterocycles. The quantitative estimate of drug-likeness (QED) is 0.872. The van der Waals surface area contributed by atoms with E-state index >= 15 is 0 Å². The number of aryl methyl sites for hydroxylation is 1. The van der Waals surface area contributed by atoms with Crippen molar-refractivity contribution in [3.63, 3.8) is 0 Å². The highest BCUT2D eigenvalue weighted by Crippen LogP contribution is 2.26. The van der Waals surface area contributed by atoms with Gasteiger partial charge in [0.2, 0.25) is 0 Å². The Labute approximate surface area is 131 Å². The zero-order valence-electron chi connectivity index (χ0n) is 12.5. The van der Waals surface area contributed by atoms with Gasteiger partial charge in [-0.05, 0) is 55.0 Å². The number of hydrogen-bond acceptors (Lipinski definition) is 2. The highest BCUT2D eigenvalue weighted by molar-refractivity contribution is 6.30. The smallest absolute Gasteiger partial charge is 0.122 e. The number of ether oxygens (including phenoxy) is 1. The summed E-state index contributed by atoms with van der Waals surface area (Å²) in [6.45, 7) is 2.22. The Morgan fingerprint density at radius 1 is 1.14 bits per heavy atom. The van der Waals surface area contributed by atoms with Crippen LogP contribution in [0.2, 0.25) is 5.02 Å². The van der Waals surface area contributed by atoms with E-state index < -0.39 is 0 Å². The van der Waals surface area contributed by atoms with Gasteiger partial charge in [-0.25, -0.2) is 0 Å². The number of hydrogen-bond donors (Lipinski definition) is 1. The van der Waals surface area contributed by atoms with Crippen molar-refractivity contribution in [3.8, 4) is 5.75 Å². The van der Waals surface area contributed by atoms with Crippen LogP contribution in [0.1, 0.15) is 16.7 Å². The van der Waals surface area contributed by atoms with E-state index in [9.17, 15) is 5.11 Å². The summed E-state index contributed by atoms with van der Waals surface area (Å²) in [7, 11) is 1.65. The highest BCUT2D eigenvalue weighted by atomic mass is 35.5. The molecule has 0 saturated heterocycles. The van der Waals surface area contributed by atoms with Crippen molar-refractivity contribution in [2.24, 2.45) is 5.92 Å². The van der Waals surface area contributed by atoms with E-state index in [0.29, 0.717) is 5.02 Å². The van der Waals surface area contributed by atoms with Gasteiger partial charge in [0.25, 0.3) is 0 Å². The molecule has 0 amide bonds. The molecule has 2 rings (SSSR count). The monoisotopic (exact) mass is 304 g/mol. The summed E-state index contributed by atoms with van der Waals surface area (Å²) in [6.07, 6.45) is 1.59. The number of benzene rings is 2. The van der Waals surface area contributed by atoms with Gasteiger partial charge < -0.3 is 9.84 Å². The van der Waals surface area contributed by atoms with Crippen molar-refractivity contribution < 1.29 is 9.84 Å². The van der Waals surface area contributed by atoms with Crippen LogP contribution in [-0.2, 0) is 12.8 Å². The molecular formula is C18H21ClO2. The fraction of sp³-hybridized carbons (Fsp3) is 0.333. The molecule has 2 aromatic rings. The zero-order chi connectivity index (χ0) is 15.2. The molecule has 0 aliphatic rings. The zero-order valence-corrected chi connectivity index (χ0v) is 13.2. The van der Waals surface area contributed by atoms with Crippen LogP contribution in [0.3, 0.4) is 0 Å². The van der Waals surface area contributed by atoms with Crippen LogP contribution >= 0.6 is 11.6 Å². The van der Waals surface area contributed by atoms with Gasteiger partial charge >= 0.3 is 0 Å². The van der Waals surface area contributed by atoms with E-state index in [2.05, 4.69) is 31.2 Å². The fourth-order valence-electron chi connectivity index (χ4n) is 2.59. The summed E-state index contributed by atoms with van der Waals surface area (Å²) in [4.78, 5) is 0. The molecule has 1 N–H and O–H groups in total. The maximum absolute atomic E-state index is 9.68. The first-order chi connectivity index (χ1) is 10.1. The third-order valence-corrected chi connectivity index (χ3v) is 3.85. The first-order valence-electron chi connectivity index (χ1n) is 7.11. The van der Waals surface area contributed by atoms with Crippen molar-refractivity contribution in [3.05, 3.63) is 64.2 Å². The summed E-state index contributed by atoms with van der Waals surface area (Å²) < 4.78 is 5.37. The lowest BCUT2D eigenvalue weighted by molar-refractivity contribution is 0.224. The molecule has 0 fully saturated rings. The molecule has 0 aliphatic carbocycles. The van der Waals surface area contributed by atoms with Gasteiger partial charge in [-0.1, -0.05) is 41.4 Å². The molecule has 0 aliphatic heterocycles. The van der Waals surface area contributed by atoms with Crippen LogP contribution in [0.5, 0.6) is 5.75 Å². The summed E-state index contributed by atoms with van der Waals surface area (Å²) in [6, 6.07) is 14.0. The van der Waals surface area contributed by atoms with Crippen molar-refractivity contribution in [2.45, 2.75) is 19.8 Å². The van der Waals surface area contributed by atoms with E-state index in [1.807, 2.05) is 18.2 Å². The normalized spacial score (nSPS) is 12.2. The Morgan fingerprint density at radius 2 is 1.95 bits per heavy atom. The molecule has 21 heavy (non-hydrogen) atoms. The largest absolute Gasteiger partial charge is 0.496 e. The molecule has 0 radical (unpaired) electrons. The summed E-state index contributed by atoms with van der Waals surface area (Å²) in [5.41, 5.74) is 3.52. The second kappa shape index (κ2) is 7.48. The van der Waals surface area contributed by atoms with Gasteiger partial charge in [0.1, 0.15) is 5.75 Å². The average molecular weight is 305 g/mol. The minimum Gasteiger partial charge on any atom is -0.496 e. The Morgan fingerprint density at radius 3 is 2.62 bits per heavy atom. The van der Waals surface area contributed by atoms with Crippen LogP contribution in [0.4, 0.5) is 0 Å². The van der Waals surface area contributed by atoms with Gasteiger partial charge in [0, 0.05) is 11.6 Å². The van der Waals surface area contributed by atoms with Gasteiger partial charge in [0.15, 0.2) is 0 Å². The van der Waals surface area contributed by atoms with E-state index in [1.54, 1.807) is 7.11 Å². The Balaban J connectivity index is 2.14. The molecule has 0 bridgehead atoms. The average Bonchev–Trinajstić information content (AvgIpc) is 2.47. The number of aliphatic hydroxyl groups excluding tert-OH is 1. The van der Waals surface area contributed by atoms with E-state index in [4.69, 9.17) is 16.3 Å². The first kappa shape index (κ1) is 15.9. The highest BCUT2D eigenvalue weighted by Gasteiger charge is 2.13. The second-order valence-electron chi connectivity index (χ2n) is 5.40. The van der Waals surface area contributed by atoms with Crippen LogP contribution in [0.25, 0.3) is 0 Å². The van der Waals surface area contributed by atoms with E-state index in [1.165, 1.54) is 11.1 Å². The molecule has 0 spiro atoms. The lowest BCUT2D eigenvalue weighted by atomic mass is 9.92. The van der Waals surface area contributed by atoms with E-state index in [0.717, 1.165) is 24.2 Å². The molecule has 0 heterocycles. The predicted molar refractivity (Wildman–Crippen MR) is 87.2 cm³/mol. The Hall–Kier alpha value is -1.51. The van der Waals surface area contributed by atoms with Gasteiger partial charge in [-0.3, -0.25) is 0 Å². The fourth-order valence-corrected chi connectivity index (χ4v) is 2.79. The Kier molecular flexibility index (Phi) is 5.66. The SMILES string of the molecule is COc1ccc(Cl)cc1CC(CO)Cc1cccc(C)c1. The van der Waals surface area contributed by atoms with Gasteiger partial charge in [-0.2, -0.15) is 0 Å². The molecule has 1 unspecified atom stereocenters. The molecule has 1 atom stereocenters. The number of rotatable bonds is 6. The number of aliphatic hydroxyl groups is 1. The Bertz CT molecular complexity index is 596. The standard InChI is InChI=1S/C18H21ClO2/c1-13-4-3-5-14(8-13)9-15(12-20)10-16-11-17(19)6-7-18(16)21-2/h3-8,11,15,20H,9-10,12H2,1-2H3. The maximum Gasteiger partial charge on any atom is 0.122 e. The van der Waals surface area contributed by atoms with Crippen molar-refractivity contribution in [1.29, 1.82) is 0 Å². The summed E-state index contributed by atoms with van der Waals surface area (Å²) in [5, 5.41) is 10.4. The molecule has 112 valence electrons. The summed E-state index contributed by atoms with van der Waals surface area (Å²) in [5.74, 6) is 0.973. The molecule has 2 nitrogen and oxygen atoms in total. The second-order valence-corrected chi connectivity index (χ2v) is 5.84. The third-order valence-electron chi connectivity index (χ3n) is 3.62. The molecular weight excluding hydrogens is 284 g/mol. The molecule has 2 aromatic carbocycles. The van der Waals surface area contributed by atoms with Crippen molar-refractivity contribution in [2.75, 3.05) is 13.7 Å². The predicted octanol–water partition coefficient (Wildman–Crippen LogP) is 4.05. The van der Waals surface area contributed by atoms with Crippen molar-refractivity contribution in [1.82, 2.24) is 0 Å². The lowest BCUT2D eigenvalue weighted by Crippen LogP contribution is -2.13. The third kappa shape index (κ3) is 4.48. The molecule has 0 saturated carbocycles.